The van der Waals surface area contributed by atoms with Crippen LogP contribution in [-0.2, 0) is 30.0 Å². The molecular formula is C26H66O7Si6. The lowest BCUT2D eigenvalue weighted by atomic mass is 10.5. The first-order chi connectivity index (χ1) is 17.2. The Balaban J connectivity index is 6.02. The van der Waals surface area contributed by atoms with Gasteiger partial charge in [0.05, 0.1) is 0 Å². The van der Waals surface area contributed by atoms with Gasteiger partial charge in [0.1, 0.15) is 0 Å². The van der Waals surface area contributed by atoms with Crippen LogP contribution in [0.3, 0.4) is 0 Å². The summed E-state index contributed by atoms with van der Waals surface area (Å²) in [5.74, 6) is 0. The second-order valence-electron chi connectivity index (χ2n) is 14.6. The lowest BCUT2D eigenvalue weighted by molar-refractivity contribution is 0.162. The second kappa shape index (κ2) is 15.7. The van der Waals surface area contributed by atoms with Crippen molar-refractivity contribution in [2.75, 3.05) is 0 Å². The zero-order chi connectivity index (χ0) is 31.1. The highest BCUT2D eigenvalue weighted by atomic mass is 28.5. The van der Waals surface area contributed by atoms with Gasteiger partial charge in [0.2, 0.25) is 0 Å². The van der Waals surface area contributed by atoms with E-state index in [2.05, 4.69) is 121 Å². The van der Waals surface area contributed by atoms with Crippen molar-refractivity contribution in [2.24, 2.45) is 0 Å². The maximum Gasteiger partial charge on any atom is 0.326 e. The third kappa shape index (κ3) is 19.0. The molecular weight excluding hydrogens is 593 g/mol. The maximum atomic E-state index is 7.11. The topological polar surface area (TPSA) is 64.6 Å². The van der Waals surface area contributed by atoms with E-state index in [4.69, 9.17) is 30.0 Å². The third-order valence-electron chi connectivity index (χ3n) is 5.86. The number of rotatable bonds is 20. The van der Waals surface area contributed by atoms with Crippen LogP contribution in [0.4, 0.5) is 0 Å². The molecule has 0 fully saturated rings. The first-order valence-corrected chi connectivity index (χ1v) is 31.9. The van der Waals surface area contributed by atoms with Gasteiger partial charge < -0.3 is 30.0 Å². The highest BCUT2D eigenvalue weighted by Gasteiger charge is 2.50. The summed E-state index contributed by atoms with van der Waals surface area (Å²) in [5.41, 5.74) is 0. The first kappa shape index (κ1) is 40.0. The molecule has 0 N–H and O–H groups in total. The monoisotopic (exact) mass is 658 g/mol. The molecule has 7 nitrogen and oxygen atoms in total. The zero-order valence-corrected chi connectivity index (χ0v) is 35.0. The van der Waals surface area contributed by atoms with Gasteiger partial charge in [0.15, 0.2) is 16.6 Å². The van der Waals surface area contributed by atoms with E-state index in [9.17, 15) is 0 Å². The molecule has 0 heterocycles. The predicted octanol–water partition coefficient (Wildman–Crippen LogP) is 8.69. The average molecular weight is 659 g/mol. The van der Waals surface area contributed by atoms with Crippen LogP contribution in [0.5, 0.6) is 0 Å². The summed E-state index contributed by atoms with van der Waals surface area (Å²) in [6.07, 6.45) is 0.653. The summed E-state index contributed by atoms with van der Waals surface area (Å²) in [7, 11) is -14.0. The number of hydrogen-bond donors (Lipinski definition) is 0. The molecule has 0 aromatic carbocycles. The van der Waals surface area contributed by atoms with Crippen molar-refractivity contribution in [3.05, 3.63) is 0 Å². The van der Waals surface area contributed by atoms with E-state index in [1.807, 2.05) is 0 Å². The normalized spacial score (nSPS) is 17.4. The van der Waals surface area contributed by atoms with Crippen molar-refractivity contribution in [1.29, 1.82) is 0 Å². The second-order valence-corrected chi connectivity index (χ2v) is 37.1. The molecule has 0 aromatic heterocycles. The van der Waals surface area contributed by atoms with Crippen LogP contribution in [0.15, 0.2) is 0 Å². The molecule has 0 aliphatic rings. The molecule has 236 valence electrons. The van der Waals surface area contributed by atoms with Gasteiger partial charge >= 0.3 is 34.2 Å². The molecule has 0 aliphatic carbocycles. The standard InChI is InChI=1S/C26H66O7Si6/c1-23(2)27-34(9,10)19-21-38(17,30-26(7)8)32-37(15,16)33-39(18,31-36(13,14)29-25(5)6)22-20-35(11,12)28-24(3)4/h23-26H,19-22H2,1-18H3. The van der Waals surface area contributed by atoms with E-state index in [0.29, 0.717) is 0 Å². The van der Waals surface area contributed by atoms with Gasteiger partial charge in [-0.15, -0.1) is 0 Å². The van der Waals surface area contributed by atoms with Crippen LogP contribution in [-0.4, -0.2) is 75.3 Å². The minimum Gasteiger partial charge on any atom is -0.416 e. The molecule has 0 bridgehead atoms. The fourth-order valence-corrected chi connectivity index (χ4v) is 34.0. The molecule has 0 aliphatic heterocycles. The fraction of sp³-hybridized carbons (Fsp3) is 1.00. The van der Waals surface area contributed by atoms with Crippen LogP contribution in [0, 0.1) is 0 Å². The molecule has 2 unspecified atom stereocenters. The van der Waals surface area contributed by atoms with Gasteiger partial charge in [-0.25, -0.2) is 0 Å². The van der Waals surface area contributed by atoms with Gasteiger partial charge in [0.25, 0.3) is 0 Å². The van der Waals surface area contributed by atoms with Gasteiger partial charge in [-0.1, -0.05) is 0 Å². The van der Waals surface area contributed by atoms with E-state index in [-0.39, 0.29) is 24.4 Å². The largest absolute Gasteiger partial charge is 0.416 e. The Morgan fingerprint density at radius 1 is 0.359 bits per heavy atom. The molecule has 0 radical (unpaired) electrons. The molecule has 2 atom stereocenters. The Morgan fingerprint density at radius 3 is 1.03 bits per heavy atom. The predicted molar refractivity (Wildman–Crippen MR) is 181 cm³/mol. The van der Waals surface area contributed by atoms with Crippen LogP contribution >= 0.6 is 0 Å². The SMILES string of the molecule is CC(C)O[Si](C)(C)CC[Si](C)(OC(C)C)O[Si](C)(C)O[Si](C)(CC[Si](C)(C)OC(C)C)O[Si](C)(C)OC(C)C. The third-order valence-corrected chi connectivity index (χ3v) is 27.4. The van der Waals surface area contributed by atoms with Crippen LogP contribution in [0.25, 0.3) is 0 Å². The van der Waals surface area contributed by atoms with Crippen molar-refractivity contribution < 1.29 is 30.0 Å². The molecule has 13 heteroatoms. The van der Waals surface area contributed by atoms with Crippen molar-refractivity contribution in [3.8, 4) is 0 Å². The van der Waals surface area contributed by atoms with Gasteiger partial charge in [-0.3, -0.25) is 0 Å². The zero-order valence-electron chi connectivity index (χ0n) is 29.0. The summed E-state index contributed by atoms with van der Waals surface area (Å²) in [4.78, 5) is 0. The molecule has 0 amide bonds. The summed E-state index contributed by atoms with van der Waals surface area (Å²) >= 11 is 0. The summed E-state index contributed by atoms with van der Waals surface area (Å²) in [5, 5.41) is 0. The molecule has 39 heavy (non-hydrogen) atoms. The Morgan fingerprint density at radius 2 is 0.667 bits per heavy atom. The Hall–Kier alpha value is 1.02. The smallest absolute Gasteiger partial charge is 0.326 e. The summed E-state index contributed by atoms with van der Waals surface area (Å²) in [6.45, 7) is 39.0. The highest BCUT2D eigenvalue weighted by molar-refractivity contribution is 6.89. The summed E-state index contributed by atoms with van der Waals surface area (Å²) < 4.78 is 46.7. The minimum absolute atomic E-state index is 0.0907. The van der Waals surface area contributed by atoms with Gasteiger partial charge in [0, 0.05) is 24.4 Å². The van der Waals surface area contributed by atoms with Crippen molar-refractivity contribution in [1.82, 2.24) is 0 Å². The van der Waals surface area contributed by atoms with Crippen molar-refractivity contribution >= 4 is 50.9 Å². The van der Waals surface area contributed by atoms with E-state index in [1.54, 1.807) is 0 Å². The van der Waals surface area contributed by atoms with Crippen molar-refractivity contribution in [2.45, 2.75) is 169 Å². The van der Waals surface area contributed by atoms with Crippen LogP contribution in [0.1, 0.15) is 55.4 Å². The van der Waals surface area contributed by atoms with E-state index < -0.39 is 50.9 Å². The molecule has 0 saturated carbocycles. The quantitative estimate of drug-likeness (QED) is 0.121. The average Bonchev–Trinajstić information content (AvgIpc) is 2.59. The molecule has 0 rings (SSSR count). The van der Waals surface area contributed by atoms with E-state index in [1.165, 1.54) is 0 Å². The summed E-state index contributed by atoms with van der Waals surface area (Å²) in [6, 6.07) is 3.75. The molecule has 0 spiro atoms. The number of hydrogen-bond acceptors (Lipinski definition) is 7. The van der Waals surface area contributed by atoms with Crippen LogP contribution < -0.4 is 0 Å². The lowest BCUT2D eigenvalue weighted by Crippen LogP contribution is -2.60. The Bertz CT molecular complexity index is 719. The molecule has 0 aromatic rings. The fourth-order valence-electron chi connectivity index (χ4n) is 5.38. The highest BCUT2D eigenvalue weighted by Crippen LogP contribution is 2.33. The van der Waals surface area contributed by atoms with Crippen LogP contribution in [0.2, 0.25) is 89.6 Å². The Kier molecular flexibility index (Phi) is 16.1. The Labute approximate surface area is 249 Å². The molecule has 0 saturated heterocycles. The van der Waals surface area contributed by atoms with Crippen molar-refractivity contribution in [3.63, 3.8) is 0 Å². The maximum absolute atomic E-state index is 7.11. The lowest BCUT2D eigenvalue weighted by Gasteiger charge is -2.44. The van der Waals surface area contributed by atoms with Gasteiger partial charge in [-0.05, 0) is 145 Å². The van der Waals surface area contributed by atoms with E-state index in [0.717, 1.165) is 24.2 Å². The van der Waals surface area contributed by atoms with Gasteiger partial charge in [-0.2, -0.15) is 0 Å². The minimum atomic E-state index is -2.69. The van der Waals surface area contributed by atoms with E-state index >= 15 is 0 Å². The first-order valence-electron chi connectivity index (χ1n) is 15.0.